The molecule has 5 heteroatoms. The Bertz CT molecular complexity index is 900. The normalized spacial score (nSPS) is 12.1. The van der Waals surface area contributed by atoms with Gasteiger partial charge >= 0.3 is 0 Å². The predicted molar refractivity (Wildman–Crippen MR) is 97.7 cm³/mol. The highest BCUT2D eigenvalue weighted by atomic mass is 16.3. The van der Waals surface area contributed by atoms with E-state index in [2.05, 4.69) is 10.6 Å². The number of benzene rings is 2. The first-order valence-electron chi connectivity index (χ1n) is 8.17. The van der Waals surface area contributed by atoms with Crippen molar-refractivity contribution >= 4 is 28.3 Å². The highest BCUT2D eigenvalue weighted by Gasteiger charge is 2.19. The first-order chi connectivity index (χ1) is 12.1. The molecule has 0 bridgehead atoms. The van der Waals surface area contributed by atoms with Crippen molar-refractivity contribution in [3.8, 4) is 0 Å². The number of furan rings is 1. The molecule has 0 fully saturated rings. The average Bonchev–Trinajstić information content (AvgIpc) is 2.99. The molecule has 5 nitrogen and oxygen atoms in total. The van der Waals surface area contributed by atoms with Gasteiger partial charge in [0.2, 0.25) is 5.91 Å². The Morgan fingerprint density at radius 2 is 1.72 bits per heavy atom. The largest absolute Gasteiger partial charge is 0.451 e. The fourth-order valence-corrected chi connectivity index (χ4v) is 2.71. The van der Waals surface area contributed by atoms with Crippen LogP contribution in [0.2, 0.25) is 0 Å². The number of fused-ring (bicyclic) bond motifs is 1. The summed E-state index contributed by atoms with van der Waals surface area (Å²) < 4.78 is 5.57. The fourth-order valence-electron chi connectivity index (χ4n) is 2.71. The molecular weight excluding hydrogens is 316 g/mol. The minimum Gasteiger partial charge on any atom is -0.451 e. The van der Waals surface area contributed by atoms with Gasteiger partial charge in [-0.2, -0.15) is 0 Å². The first kappa shape index (κ1) is 16.9. The van der Waals surface area contributed by atoms with Gasteiger partial charge in [-0.1, -0.05) is 42.5 Å². The van der Waals surface area contributed by atoms with Gasteiger partial charge in [-0.05, 0) is 24.6 Å². The maximum Gasteiger partial charge on any atom is 0.238 e. The molecule has 0 unspecified atom stereocenters. The van der Waals surface area contributed by atoms with Crippen molar-refractivity contribution in [3.63, 3.8) is 0 Å². The van der Waals surface area contributed by atoms with E-state index in [-0.39, 0.29) is 30.0 Å². The lowest BCUT2D eigenvalue weighted by Crippen LogP contribution is -2.30. The summed E-state index contributed by atoms with van der Waals surface area (Å²) in [6.45, 7) is 3.55. The highest BCUT2D eigenvalue weighted by Crippen LogP contribution is 2.31. The van der Waals surface area contributed by atoms with Crippen LogP contribution in [0.25, 0.3) is 11.0 Å². The third-order valence-electron chi connectivity index (χ3n) is 4.05. The summed E-state index contributed by atoms with van der Waals surface area (Å²) in [6.07, 6.45) is 0. The van der Waals surface area contributed by atoms with Crippen LogP contribution in [0.3, 0.4) is 0 Å². The Kier molecular flexibility index (Phi) is 4.95. The van der Waals surface area contributed by atoms with E-state index in [0.29, 0.717) is 11.3 Å². The number of carbonyl (C=O) groups is 2. The number of amides is 1. The Morgan fingerprint density at radius 3 is 2.44 bits per heavy atom. The molecular formula is C20H20N2O3. The number of Topliss-reactive ketones (excluding diaryl/α,β-unsaturated/α-hetero) is 1. The standard InChI is InChI=1S/C20H20N2O3/c1-13(15-8-4-3-5-9-15)21-12-18(24)22-19-16-10-6-7-11-17(16)25-20(19)14(2)23/h3-11,13,21H,12H2,1-2H3,(H,22,24)/t13-/m1/s1. The van der Waals surface area contributed by atoms with Gasteiger partial charge in [-0.25, -0.2) is 0 Å². The maximum atomic E-state index is 12.3. The molecule has 0 aliphatic carbocycles. The van der Waals surface area contributed by atoms with Crippen LogP contribution < -0.4 is 10.6 Å². The minimum absolute atomic E-state index is 0.0420. The van der Waals surface area contributed by atoms with Gasteiger partial charge in [0, 0.05) is 18.4 Å². The number of nitrogens with one attached hydrogen (secondary N) is 2. The Hall–Kier alpha value is -2.92. The van der Waals surface area contributed by atoms with E-state index in [1.165, 1.54) is 6.92 Å². The molecule has 128 valence electrons. The van der Waals surface area contributed by atoms with E-state index in [1.807, 2.05) is 55.5 Å². The second kappa shape index (κ2) is 7.32. The molecule has 3 aromatic rings. The summed E-state index contributed by atoms with van der Waals surface area (Å²) in [5.74, 6) is -0.278. The van der Waals surface area contributed by atoms with Gasteiger partial charge in [0.25, 0.3) is 0 Å². The van der Waals surface area contributed by atoms with E-state index in [1.54, 1.807) is 6.07 Å². The molecule has 0 saturated carbocycles. The number of carbonyl (C=O) groups excluding carboxylic acids is 2. The van der Waals surface area contributed by atoms with Crippen LogP contribution in [0.4, 0.5) is 5.69 Å². The molecule has 0 radical (unpaired) electrons. The molecule has 2 N–H and O–H groups in total. The number of para-hydroxylation sites is 1. The molecule has 2 aromatic carbocycles. The molecule has 0 aliphatic rings. The summed E-state index contributed by atoms with van der Waals surface area (Å²) >= 11 is 0. The zero-order valence-corrected chi connectivity index (χ0v) is 14.2. The molecule has 25 heavy (non-hydrogen) atoms. The third kappa shape index (κ3) is 3.78. The predicted octanol–water partition coefficient (Wildman–Crippen LogP) is 3.92. The Morgan fingerprint density at radius 1 is 1.04 bits per heavy atom. The fraction of sp³-hybridized carbons (Fsp3) is 0.200. The third-order valence-corrected chi connectivity index (χ3v) is 4.05. The molecule has 1 atom stereocenters. The molecule has 0 saturated heterocycles. The molecule has 3 rings (SSSR count). The lowest BCUT2D eigenvalue weighted by molar-refractivity contribution is -0.115. The summed E-state index contributed by atoms with van der Waals surface area (Å²) in [5, 5.41) is 6.71. The smallest absolute Gasteiger partial charge is 0.238 e. The van der Waals surface area contributed by atoms with Gasteiger partial charge in [-0.3, -0.25) is 9.59 Å². The molecule has 1 amide bonds. The van der Waals surface area contributed by atoms with Crippen LogP contribution in [-0.2, 0) is 4.79 Å². The van der Waals surface area contributed by atoms with E-state index >= 15 is 0 Å². The second-order valence-corrected chi connectivity index (χ2v) is 5.92. The van der Waals surface area contributed by atoms with Crippen molar-refractivity contribution in [2.24, 2.45) is 0 Å². The van der Waals surface area contributed by atoms with Crippen molar-refractivity contribution in [2.75, 3.05) is 11.9 Å². The number of hydrogen-bond donors (Lipinski definition) is 2. The van der Waals surface area contributed by atoms with E-state index in [4.69, 9.17) is 4.42 Å². The van der Waals surface area contributed by atoms with Crippen molar-refractivity contribution in [1.82, 2.24) is 5.32 Å². The van der Waals surface area contributed by atoms with Crippen molar-refractivity contribution in [2.45, 2.75) is 19.9 Å². The lowest BCUT2D eigenvalue weighted by Gasteiger charge is -2.14. The van der Waals surface area contributed by atoms with Crippen LogP contribution in [0.15, 0.2) is 59.0 Å². The number of hydrogen-bond acceptors (Lipinski definition) is 4. The Balaban J connectivity index is 1.72. The number of anilines is 1. The SMILES string of the molecule is CC(=O)c1oc2ccccc2c1NC(=O)CN[C@H](C)c1ccccc1. The number of rotatable bonds is 6. The quantitative estimate of drug-likeness (QED) is 0.669. The monoisotopic (exact) mass is 336 g/mol. The number of ketones is 1. The first-order valence-corrected chi connectivity index (χ1v) is 8.17. The molecule has 0 spiro atoms. The van der Waals surface area contributed by atoms with Gasteiger partial charge in [0.05, 0.1) is 12.2 Å². The molecule has 1 aromatic heterocycles. The van der Waals surface area contributed by atoms with Gasteiger partial charge in [-0.15, -0.1) is 0 Å². The van der Waals surface area contributed by atoms with Crippen LogP contribution in [-0.4, -0.2) is 18.2 Å². The van der Waals surface area contributed by atoms with Crippen LogP contribution in [0, 0.1) is 0 Å². The van der Waals surface area contributed by atoms with Crippen LogP contribution in [0.1, 0.15) is 36.0 Å². The van der Waals surface area contributed by atoms with Crippen LogP contribution in [0.5, 0.6) is 0 Å². The topological polar surface area (TPSA) is 71.3 Å². The van der Waals surface area contributed by atoms with Crippen LogP contribution >= 0.6 is 0 Å². The van der Waals surface area contributed by atoms with Crippen molar-refractivity contribution in [1.29, 1.82) is 0 Å². The summed E-state index contributed by atoms with van der Waals surface area (Å²) in [6, 6.07) is 17.2. The minimum atomic E-state index is -0.225. The highest BCUT2D eigenvalue weighted by molar-refractivity contribution is 6.11. The molecule has 1 heterocycles. The zero-order valence-electron chi connectivity index (χ0n) is 14.2. The summed E-state index contributed by atoms with van der Waals surface area (Å²) in [7, 11) is 0. The second-order valence-electron chi connectivity index (χ2n) is 5.92. The van der Waals surface area contributed by atoms with Crippen molar-refractivity contribution < 1.29 is 14.0 Å². The Labute approximate surface area is 146 Å². The summed E-state index contributed by atoms with van der Waals surface area (Å²) in [4.78, 5) is 24.1. The summed E-state index contributed by atoms with van der Waals surface area (Å²) in [5.41, 5.74) is 2.12. The van der Waals surface area contributed by atoms with E-state index < -0.39 is 0 Å². The average molecular weight is 336 g/mol. The maximum absolute atomic E-state index is 12.3. The van der Waals surface area contributed by atoms with Gasteiger partial charge < -0.3 is 15.1 Å². The lowest BCUT2D eigenvalue weighted by atomic mass is 10.1. The van der Waals surface area contributed by atoms with Gasteiger partial charge in [0.15, 0.2) is 11.5 Å². The zero-order chi connectivity index (χ0) is 17.8. The molecule has 0 aliphatic heterocycles. The van der Waals surface area contributed by atoms with E-state index in [0.717, 1.165) is 10.9 Å². The van der Waals surface area contributed by atoms with Crippen molar-refractivity contribution in [3.05, 3.63) is 65.9 Å². The van der Waals surface area contributed by atoms with E-state index in [9.17, 15) is 9.59 Å². The van der Waals surface area contributed by atoms with Gasteiger partial charge in [0.1, 0.15) is 5.58 Å².